The van der Waals surface area contributed by atoms with Crippen molar-refractivity contribution in [3.05, 3.63) is 23.8 Å². The van der Waals surface area contributed by atoms with Crippen LogP contribution in [0, 0.1) is 11.3 Å². The molecule has 3 fully saturated rings. The molecular formula is C25H29F5N4O5S. The van der Waals surface area contributed by atoms with Gasteiger partial charge in [-0.05, 0) is 58.2 Å². The number of sulfone groups is 1. The summed E-state index contributed by atoms with van der Waals surface area (Å²) < 4.78 is 102. The second-order valence-electron chi connectivity index (χ2n) is 11.4. The Morgan fingerprint density at radius 1 is 1.15 bits per heavy atom. The van der Waals surface area contributed by atoms with E-state index in [1.807, 2.05) is 6.07 Å². The van der Waals surface area contributed by atoms with Crippen molar-refractivity contribution in [1.82, 2.24) is 10.2 Å². The van der Waals surface area contributed by atoms with E-state index in [-0.39, 0.29) is 12.2 Å². The van der Waals surface area contributed by atoms with Crippen molar-refractivity contribution < 1.29 is 44.7 Å². The zero-order valence-corrected chi connectivity index (χ0v) is 22.8. The Labute approximate surface area is 228 Å². The number of carbonyl (C=O) groups excluding carboxylic acids is 2. The molecule has 0 bridgehead atoms. The molecule has 2 aliphatic heterocycles. The van der Waals surface area contributed by atoms with Crippen LogP contribution in [0.5, 0.6) is 0 Å². The second kappa shape index (κ2) is 9.74. The minimum Gasteiger partial charge on any atom is -0.444 e. The number of hydrogen-bond donors (Lipinski definition) is 1. The van der Waals surface area contributed by atoms with Gasteiger partial charge in [-0.2, -0.15) is 18.4 Å². The van der Waals surface area contributed by atoms with Gasteiger partial charge in [0.15, 0.2) is 9.84 Å². The van der Waals surface area contributed by atoms with E-state index in [4.69, 9.17) is 4.74 Å². The summed E-state index contributed by atoms with van der Waals surface area (Å²) in [6, 6.07) is 2.83. The van der Waals surface area contributed by atoms with Gasteiger partial charge in [-0.15, -0.1) is 0 Å². The van der Waals surface area contributed by atoms with Crippen molar-refractivity contribution in [3.63, 3.8) is 0 Å². The van der Waals surface area contributed by atoms with Crippen LogP contribution in [0.1, 0.15) is 52.0 Å². The zero-order chi connectivity index (χ0) is 29.9. The third-order valence-electron chi connectivity index (χ3n) is 7.07. The van der Waals surface area contributed by atoms with Crippen LogP contribution in [0.3, 0.4) is 0 Å². The topological polar surface area (TPSA) is 120 Å². The highest BCUT2D eigenvalue weighted by atomic mass is 32.2. The summed E-state index contributed by atoms with van der Waals surface area (Å²) in [5.41, 5.74) is -3.89. The van der Waals surface area contributed by atoms with Gasteiger partial charge in [0, 0.05) is 25.2 Å². The normalized spacial score (nSPS) is 24.0. The van der Waals surface area contributed by atoms with E-state index in [0.717, 1.165) is 21.9 Å². The smallest absolute Gasteiger partial charge is 0.417 e. The number of halogens is 5. The number of nitrogens with one attached hydrogen (secondary N) is 1. The molecule has 15 heteroatoms. The van der Waals surface area contributed by atoms with Gasteiger partial charge in [0.05, 0.1) is 28.3 Å². The van der Waals surface area contributed by atoms with Gasteiger partial charge >= 0.3 is 12.3 Å². The van der Waals surface area contributed by atoms with Crippen LogP contribution in [0.25, 0.3) is 0 Å². The van der Waals surface area contributed by atoms with Crippen LogP contribution in [0.4, 0.5) is 32.4 Å². The molecule has 2 amide bonds. The molecule has 0 radical (unpaired) electrons. The van der Waals surface area contributed by atoms with E-state index in [2.05, 4.69) is 5.32 Å². The highest BCUT2D eigenvalue weighted by Crippen LogP contribution is 2.41. The predicted molar refractivity (Wildman–Crippen MR) is 131 cm³/mol. The molecule has 0 spiro atoms. The summed E-state index contributed by atoms with van der Waals surface area (Å²) >= 11 is 0. The van der Waals surface area contributed by atoms with Crippen LogP contribution in [0.15, 0.2) is 23.1 Å². The summed E-state index contributed by atoms with van der Waals surface area (Å²) in [4.78, 5) is 26.8. The summed E-state index contributed by atoms with van der Waals surface area (Å²) in [6.45, 7) is 3.01. The Hall–Kier alpha value is -3.15. The maximum absolute atomic E-state index is 14.1. The molecule has 4 rings (SSSR count). The van der Waals surface area contributed by atoms with Crippen molar-refractivity contribution in [2.24, 2.45) is 0 Å². The van der Waals surface area contributed by atoms with Crippen LogP contribution < -0.4 is 10.2 Å². The van der Waals surface area contributed by atoms with E-state index in [1.165, 1.54) is 0 Å². The Bertz CT molecular complexity index is 1350. The highest BCUT2D eigenvalue weighted by Gasteiger charge is 2.52. The third-order valence-corrected chi connectivity index (χ3v) is 9.26. The fourth-order valence-corrected chi connectivity index (χ4v) is 6.71. The lowest BCUT2D eigenvalue weighted by molar-refractivity contribution is -0.139. The zero-order valence-electron chi connectivity index (χ0n) is 22.0. The molecule has 3 aliphatic rings. The number of nitriles is 1. The molecule has 2 atom stereocenters. The van der Waals surface area contributed by atoms with Crippen molar-refractivity contribution in [1.29, 1.82) is 5.26 Å². The summed E-state index contributed by atoms with van der Waals surface area (Å²) in [5.74, 6) is -3.90. The fourth-order valence-electron chi connectivity index (χ4n) is 4.82. The number of ether oxygens (including phenoxy) is 1. The van der Waals surface area contributed by atoms with Crippen molar-refractivity contribution in [3.8, 4) is 6.07 Å². The first kappa shape index (κ1) is 29.8. The summed E-state index contributed by atoms with van der Waals surface area (Å²) in [7, 11) is -4.81. The monoisotopic (exact) mass is 592 g/mol. The van der Waals surface area contributed by atoms with E-state index in [9.17, 15) is 45.2 Å². The molecule has 1 aromatic carbocycles. The van der Waals surface area contributed by atoms with Gasteiger partial charge in [0.25, 0.3) is 5.92 Å². The number of amides is 2. The van der Waals surface area contributed by atoms with Gasteiger partial charge in [-0.3, -0.25) is 9.69 Å². The molecular weight excluding hydrogens is 563 g/mol. The minimum atomic E-state index is -5.15. The number of benzene rings is 1. The Balaban J connectivity index is 1.68. The van der Waals surface area contributed by atoms with E-state index >= 15 is 0 Å². The third kappa shape index (κ3) is 6.11. The number of hydrogen-bond acceptors (Lipinski definition) is 7. The lowest BCUT2D eigenvalue weighted by atomic mass is 10.1. The van der Waals surface area contributed by atoms with Gasteiger partial charge in [-0.25, -0.2) is 22.0 Å². The lowest BCUT2D eigenvalue weighted by Gasteiger charge is -2.28. The standard InChI is InChI=1S/C25H29F5N4O5S/c1-22(2,3)39-21(36)34-12-16(11-18(34)20(35)32-23(13-31)6-7-23)40(37,38)19-5-4-15(10-17(19)25(28,29)30)33-9-8-24(26,27)14-33/h4-5,10,16,18H,6-9,11-12,14H2,1-3H3,(H,32,35)/t16-,18+/m1/s1. The number of anilines is 1. The maximum atomic E-state index is 14.1. The number of alkyl halides is 5. The summed E-state index contributed by atoms with van der Waals surface area (Å²) in [6.07, 6.45) is -6.54. The summed E-state index contributed by atoms with van der Waals surface area (Å²) in [5, 5.41) is 10.2. The first-order valence-corrected chi connectivity index (χ1v) is 14.1. The van der Waals surface area contributed by atoms with Gasteiger partial charge in [0.2, 0.25) is 5.91 Å². The van der Waals surface area contributed by atoms with Crippen molar-refractivity contribution in [2.75, 3.05) is 24.5 Å². The van der Waals surface area contributed by atoms with E-state index in [1.54, 1.807) is 20.8 Å². The highest BCUT2D eigenvalue weighted by molar-refractivity contribution is 7.92. The molecule has 2 heterocycles. The van der Waals surface area contributed by atoms with Crippen LogP contribution in [-0.2, 0) is 25.5 Å². The number of likely N-dealkylation sites (tertiary alicyclic amines) is 1. The first-order valence-electron chi connectivity index (χ1n) is 12.6. The number of rotatable bonds is 5. The Kier molecular flexibility index (Phi) is 7.26. The van der Waals surface area contributed by atoms with E-state index in [0.29, 0.717) is 18.9 Å². The van der Waals surface area contributed by atoms with Crippen LogP contribution in [-0.4, -0.2) is 73.3 Å². The van der Waals surface area contributed by atoms with Gasteiger partial charge < -0.3 is 15.0 Å². The molecule has 220 valence electrons. The molecule has 40 heavy (non-hydrogen) atoms. The largest absolute Gasteiger partial charge is 0.444 e. The van der Waals surface area contributed by atoms with Crippen LogP contribution in [0.2, 0.25) is 0 Å². The fraction of sp³-hybridized carbons (Fsp3) is 0.640. The molecule has 1 saturated carbocycles. The Morgan fingerprint density at radius 2 is 1.80 bits per heavy atom. The quantitative estimate of drug-likeness (QED) is 0.516. The van der Waals surface area contributed by atoms with Crippen LogP contribution >= 0.6 is 0 Å². The minimum absolute atomic E-state index is 0.200. The lowest BCUT2D eigenvalue weighted by Crippen LogP contribution is -2.50. The van der Waals surface area contributed by atoms with E-state index < -0.39 is 92.8 Å². The average molecular weight is 593 g/mol. The molecule has 9 nitrogen and oxygen atoms in total. The maximum Gasteiger partial charge on any atom is 0.417 e. The van der Waals surface area contributed by atoms with Gasteiger partial charge in [-0.1, -0.05) is 0 Å². The molecule has 1 aliphatic carbocycles. The number of carbonyl (C=O) groups is 2. The molecule has 1 aromatic rings. The molecule has 0 unspecified atom stereocenters. The predicted octanol–water partition coefficient (Wildman–Crippen LogP) is 3.87. The van der Waals surface area contributed by atoms with Crippen molar-refractivity contribution >= 4 is 27.5 Å². The first-order chi connectivity index (χ1) is 18.3. The SMILES string of the molecule is CC(C)(C)OC(=O)N1C[C@H](S(=O)(=O)c2ccc(N3CCC(F)(F)C3)cc2C(F)(F)F)C[C@H]1C(=O)NC1(C#N)CC1. The number of nitrogens with zero attached hydrogens (tertiary/aromatic N) is 3. The molecule has 0 aromatic heterocycles. The van der Waals surface area contributed by atoms with Gasteiger partial charge in [0.1, 0.15) is 17.2 Å². The molecule has 2 saturated heterocycles. The molecule has 1 N–H and O–H groups in total. The second-order valence-corrected chi connectivity index (χ2v) is 13.6. The van der Waals surface area contributed by atoms with Crippen molar-refractivity contribution in [2.45, 2.75) is 85.9 Å². The average Bonchev–Trinajstić information content (AvgIpc) is 3.27. The Morgan fingerprint density at radius 3 is 2.30 bits per heavy atom.